The van der Waals surface area contributed by atoms with Crippen LogP contribution in [-0.4, -0.2) is 22.6 Å². The Kier molecular flexibility index (Phi) is 4.76. The third kappa shape index (κ3) is 3.24. The van der Waals surface area contributed by atoms with Gasteiger partial charge in [0.05, 0.1) is 0 Å². The summed E-state index contributed by atoms with van der Waals surface area (Å²) >= 11 is 0. The number of aryl methyl sites for hydroxylation is 1. The highest BCUT2D eigenvalue weighted by Gasteiger charge is 2.21. The summed E-state index contributed by atoms with van der Waals surface area (Å²) in [5.74, 6) is 1.64. The number of amides is 1. The first-order valence-electron chi connectivity index (χ1n) is 6.43. The summed E-state index contributed by atoms with van der Waals surface area (Å²) in [4.78, 5) is 12.0. The molecule has 0 radical (unpaired) electrons. The molecule has 0 saturated carbocycles. The fourth-order valence-electron chi connectivity index (χ4n) is 2.27. The lowest BCUT2D eigenvalue weighted by Gasteiger charge is -2.25. The molecule has 1 rings (SSSR count). The van der Waals surface area contributed by atoms with Gasteiger partial charge in [-0.25, -0.2) is 0 Å². The van der Waals surface area contributed by atoms with Crippen molar-refractivity contribution in [1.82, 2.24) is 15.5 Å². The smallest absolute Gasteiger partial charge is 0.256 e. The second-order valence-corrected chi connectivity index (χ2v) is 5.47. The number of aromatic nitrogens is 2. The number of rotatable bonds is 5. The zero-order valence-electron chi connectivity index (χ0n) is 11.9. The van der Waals surface area contributed by atoms with Crippen molar-refractivity contribution in [2.75, 3.05) is 12.3 Å². The Bertz CT molecular complexity index is 382. The predicted molar refractivity (Wildman–Crippen MR) is 73.2 cm³/mol. The van der Waals surface area contributed by atoms with Crippen molar-refractivity contribution in [3.8, 4) is 0 Å². The summed E-state index contributed by atoms with van der Waals surface area (Å²) in [6.45, 7) is 11.2. The van der Waals surface area contributed by atoms with Gasteiger partial charge in [-0.3, -0.25) is 9.89 Å². The van der Waals surface area contributed by atoms with Crippen LogP contribution in [-0.2, 0) is 0 Å². The maximum atomic E-state index is 12.0. The molecule has 0 aromatic carbocycles. The van der Waals surface area contributed by atoms with Gasteiger partial charge in [-0.05, 0) is 24.7 Å². The molecule has 0 aliphatic rings. The van der Waals surface area contributed by atoms with E-state index in [-0.39, 0.29) is 11.7 Å². The summed E-state index contributed by atoms with van der Waals surface area (Å²) < 4.78 is 0. The number of hydrogen-bond donors (Lipinski definition) is 3. The van der Waals surface area contributed by atoms with Crippen LogP contribution in [0.15, 0.2) is 0 Å². The maximum absolute atomic E-state index is 12.0. The molecule has 0 fully saturated rings. The molecule has 18 heavy (non-hydrogen) atoms. The van der Waals surface area contributed by atoms with E-state index in [1.807, 2.05) is 0 Å². The molecule has 102 valence electrons. The average molecular weight is 252 g/mol. The molecule has 5 heteroatoms. The van der Waals surface area contributed by atoms with Gasteiger partial charge in [0.25, 0.3) is 5.91 Å². The number of nitrogens with one attached hydrogen (secondary N) is 2. The Morgan fingerprint density at radius 1 is 1.33 bits per heavy atom. The number of carbonyl (C=O) groups is 1. The van der Waals surface area contributed by atoms with Gasteiger partial charge < -0.3 is 11.1 Å². The van der Waals surface area contributed by atoms with Crippen LogP contribution in [0, 0.1) is 24.7 Å². The number of hydrogen-bond acceptors (Lipinski definition) is 3. The topological polar surface area (TPSA) is 83.8 Å². The van der Waals surface area contributed by atoms with Gasteiger partial charge in [0, 0.05) is 12.2 Å². The number of nitrogen functional groups attached to an aromatic ring is 1. The van der Waals surface area contributed by atoms with Crippen molar-refractivity contribution in [3.63, 3.8) is 0 Å². The Hall–Kier alpha value is -1.52. The molecule has 0 saturated heterocycles. The minimum Gasteiger partial charge on any atom is -0.382 e. The Labute approximate surface area is 109 Å². The lowest BCUT2D eigenvalue weighted by molar-refractivity contribution is 0.0937. The first-order valence-corrected chi connectivity index (χ1v) is 6.43. The summed E-state index contributed by atoms with van der Waals surface area (Å²) in [6.07, 6.45) is 0. The van der Waals surface area contributed by atoms with Crippen LogP contribution in [0.4, 0.5) is 5.82 Å². The minimum absolute atomic E-state index is 0.148. The Morgan fingerprint density at radius 2 is 1.89 bits per heavy atom. The van der Waals surface area contributed by atoms with E-state index in [1.54, 1.807) is 6.92 Å². The Morgan fingerprint density at radius 3 is 2.28 bits per heavy atom. The van der Waals surface area contributed by atoms with Gasteiger partial charge >= 0.3 is 0 Å². The van der Waals surface area contributed by atoms with Crippen molar-refractivity contribution >= 4 is 11.7 Å². The zero-order valence-corrected chi connectivity index (χ0v) is 11.9. The molecule has 0 spiro atoms. The van der Waals surface area contributed by atoms with Crippen molar-refractivity contribution in [3.05, 3.63) is 11.3 Å². The fourth-order valence-corrected chi connectivity index (χ4v) is 2.27. The molecule has 0 unspecified atom stereocenters. The van der Waals surface area contributed by atoms with E-state index in [0.29, 0.717) is 35.6 Å². The van der Waals surface area contributed by atoms with Crippen molar-refractivity contribution < 1.29 is 4.79 Å². The molecule has 0 bridgehead atoms. The SMILES string of the molecule is Cc1[nH]nc(N)c1C(=O)NCC(C(C)C)C(C)C. The van der Waals surface area contributed by atoms with Crippen LogP contribution in [0.25, 0.3) is 0 Å². The van der Waals surface area contributed by atoms with Crippen LogP contribution in [0.5, 0.6) is 0 Å². The zero-order chi connectivity index (χ0) is 13.9. The molecule has 0 aliphatic heterocycles. The van der Waals surface area contributed by atoms with Crippen molar-refractivity contribution in [2.45, 2.75) is 34.6 Å². The third-order valence-electron chi connectivity index (χ3n) is 3.41. The number of H-pyrrole nitrogens is 1. The standard InChI is InChI=1S/C13H24N4O/c1-7(2)10(8(3)4)6-15-13(18)11-9(5)16-17-12(11)14/h7-8,10H,6H2,1-5H3,(H,15,18)(H3,14,16,17). The van der Waals surface area contributed by atoms with E-state index in [0.717, 1.165) is 0 Å². The van der Waals surface area contributed by atoms with Crippen LogP contribution in [0.3, 0.4) is 0 Å². The predicted octanol–water partition coefficient (Wildman–Crippen LogP) is 1.96. The van der Waals surface area contributed by atoms with Crippen LogP contribution in [0.1, 0.15) is 43.7 Å². The van der Waals surface area contributed by atoms with E-state index in [1.165, 1.54) is 0 Å². The first-order chi connectivity index (χ1) is 8.34. The monoisotopic (exact) mass is 252 g/mol. The number of nitrogens with two attached hydrogens (primary N) is 1. The lowest BCUT2D eigenvalue weighted by atomic mass is 9.85. The second kappa shape index (κ2) is 5.89. The van der Waals surface area contributed by atoms with E-state index in [2.05, 4.69) is 43.2 Å². The normalized spacial score (nSPS) is 11.6. The number of nitrogens with zero attached hydrogens (tertiary/aromatic N) is 1. The highest BCUT2D eigenvalue weighted by Crippen LogP contribution is 2.20. The van der Waals surface area contributed by atoms with Gasteiger partial charge in [-0.1, -0.05) is 27.7 Å². The van der Waals surface area contributed by atoms with E-state index >= 15 is 0 Å². The fraction of sp³-hybridized carbons (Fsp3) is 0.692. The minimum atomic E-state index is -0.148. The van der Waals surface area contributed by atoms with E-state index in [9.17, 15) is 4.79 Å². The molecule has 1 aromatic rings. The van der Waals surface area contributed by atoms with Gasteiger partial charge in [0.1, 0.15) is 5.56 Å². The van der Waals surface area contributed by atoms with Crippen molar-refractivity contribution in [2.24, 2.45) is 17.8 Å². The number of anilines is 1. The number of aromatic amines is 1. The Balaban J connectivity index is 2.66. The number of carbonyl (C=O) groups excluding carboxylic acids is 1. The quantitative estimate of drug-likeness (QED) is 0.749. The van der Waals surface area contributed by atoms with Gasteiger partial charge in [0.15, 0.2) is 5.82 Å². The van der Waals surface area contributed by atoms with Gasteiger partial charge in [0.2, 0.25) is 0 Å². The summed E-state index contributed by atoms with van der Waals surface area (Å²) in [7, 11) is 0. The highest BCUT2D eigenvalue weighted by molar-refractivity contribution is 5.99. The molecule has 1 aromatic heterocycles. The van der Waals surface area contributed by atoms with Crippen LogP contribution >= 0.6 is 0 Å². The summed E-state index contributed by atoms with van der Waals surface area (Å²) in [5, 5.41) is 9.49. The molecule has 1 heterocycles. The summed E-state index contributed by atoms with van der Waals surface area (Å²) in [6, 6.07) is 0. The largest absolute Gasteiger partial charge is 0.382 e. The van der Waals surface area contributed by atoms with Crippen LogP contribution in [0.2, 0.25) is 0 Å². The molecule has 4 N–H and O–H groups in total. The van der Waals surface area contributed by atoms with E-state index in [4.69, 9.17) is 5.73 Å². The van der Waals surface area contributed by atoms with Gasteiger partial charge in [-0.15, -0.1) is 0 Å². The average Bonchev–Trinajstić information content (AvgIpc) is 2.57. The molecular formula is C13H24N4O. The van der Waals surface area contributed by atoms with Crippen LogP contribution < -0.4 is 11.1 Å². The molecular weight excluding hydrogens is 228 g/mol. The molecule has 5 nitrogen and oxygen atoms in total. The third-order valence-corrected chi connectivity index (χ3v) is 3.41. The molecule has 0 aliphatic carbocycles. The summed E-state index contributed by atoms with van der Waals surface area (Å²) in [5.41, 5.74) is 6.83. The van der Waals surface area contributed by atoms with E-state index < -0.39 is 0 Å². The maximum Gasteiger partial charge on any atom is 0.256 e. The first kappa shape index (κ1) is 14.5. The highest BCUT2D eigenvalue weighted by atomic mass is 16.1. The van der Waals surface area contributed by atoms with Crippen molar-refractivity contribution in [1.29, 1.82) is 0 Å². The van der Waals surface area contributed by atoms with Gasteiger partial charge in [-0.2, -0.15) is 5.10 Å². The second-order valence-electron chi connectivity index (χ2n) is 5.47. The molecule has 1 amide bonds. The lowest BCUT2D eigenvalue weighted by Crippen LogP contribution is -2.34. The molecule has 0 atom stereocenters.